The monoisotopic (exact) mass is 367 g/mol. The zero-order chi connectivity index (χ0) is 17.6. The largest absolute Gasteiger partial charge is 0.322 e. The average molecular weight is 368 g/mol. The van der Waals surface area contributed by atoms with Gasteiger partial charge in [0.2, 0.25) is 0 Å². The maximum absolute atomic E-state index is 12.3. The Morgan fingerprint density at radius 1 is 0.920 bits per heavy atom. The first-order valence-corrected chi connectivity index (χ1v) is 9.32. The second-order valence-electron chi connectivity index (χ2n) is 5.76. The molecule has 0 aliphatic carbocycles. The van der Waals surface area contributed by atoms with E-state index in [1.807, 2.05) is 24.3 Å². The summed E-state index contributed by atoms with van der Waals surface area (Å²) in [6, 6.07) is 23.3. The third-order valence-corrected chi connectivity index (χ3v) is 5.08. The first-order valence-electron chi connectivity index (χ1n) is 7.95. The number of anilines is 1. The minimum Gasteiger partial charge on any atom is -0.322 e. The summed E-state index contributed by atoms with van der Waals surface area (Å²) in [7, 11) is 0. The number of hydrogen-bond acceptors (Lipinski definition) is 2. The predicted octanol–water partition coefficient (Wildman–Crippen LogP) is 6.19. The lowest BCUT2D eigenvalue weighted by Crippen LogP contribution is -2.11. The Hall–Kier alpha value is -2.23. The summed E-state index contributed by atoms with van der Waals surface area (Å²) in [4.78, 5) is 13.5. The van der Waals surface area contributed by atoms with Crippen molar-refractivity contribution < 1.29 is 4.79 Å². The zero-order valence-electron chi connectivity index (χ0n) is 13.8. The van der Waals surface area contributed by atoms with E-state index in [0.717, 1.165) is 11.4 Å². The quantitative estimate of drug-likeness (QED) is 0.544. The second kappa shape index (κ2) is 8.24. The zero-order valence-corrected chi connectivity index (χ0v) is 15.4. The van der Waals surface area contributed by atoms with Gasteiger partial charge in [0.1, 0.15) is 0 Å². The predicted molar refractivity (Wildman–Crippen MR) is 107 cm³/mol. The molecule has 126 valence electrons. The number of carbonyl (C=O) groups excluding carboxylic acids is 1. The van der Waals surface area contributed by atoms with Gasteiger partial charge in [-0.15, -0.1) is 11.8 Å². The molecule has 0 saturated heterocycles. The normalized spacial score (nSPS) is 10.5. The molecule has 1 N–H and O–H groups in total. The lowest BCUT2D eigenvalue weighted by Gasteiger charge is -2.07. The van der Waals surface area contributed by atoms with Crippen LogP contribution in [0.15, 0.2) is 77.7 Å². The van der Waals surface area contributed by atoms with Gasteiger partial charge in [-0.1, -0.05) is 41.4 Å². The molecule has 0 fully saturated rings. The van der Waals surface area contributed by atoms with Crippen LogP contribution in [-0.2, 0) is 5.75 Å². The van der Waals surface area contributed by atoms with Gasteiger partial charge in [0, 0.05) is 26.9 Å². The molecule has 1 amide bonds. The number of nitrogens with one attached hydrogen (secondary N) is 1. The molecule has 0 atom stereocenters. The summed E-state index contributed by atoms with van der Waals surface area (Å²) < 4.78 is 0. The minimum absolute atomic E-state index is 0.125. The number of rotatable bonds is 5. The lowest BCUT2D eigenvalue weighted by atomic mass is 10.1. The van der Waals surface area contributed by atoms with Crippen molar-refractivity contribution in [3.8, 4) is 0 Å². The van der Waals surface area contributed by atoms with E-state index in [4.69, 9.17) is 11.6 Å². The van der Waals surface area contributed by atoms with Gasteiger partial charge < -0.3 is 5.32 Å². The van der Waals surface area contributed by atoms with Crippen LogP contribution in [0.3, 0.4) is 0 Å². The summed E-state index contributed by atoms with van der Waals surface area (Å²) in [6.07, 6.45) is 0. The highest BCUT2D eigenvalue weighted by molar-refractivity contribution is 7.98. The first-order chi connectivity index (χ1) is 12.1. The van der Waals surface area contributed by atoms with E-state index >= 15 is 0 Å². The van der Waals surface area contributed by atoms with Crippen LogP contribution in [0, 0.1) is 6.92 Å². The highest BCUT2D eigenvalue weighted by Gasteiger charge is 2.06. The van der Waals surface area contributed by atoms with Crippen molar-refractivity contribution in [1.82, 2.24) is 0 Å². The van der Waals surface area contributed by atoms with Gasteiger partial charge in [-0.2, -0.15) is 0 Å². The second-order valence-corrected chi connectivity index (χ2v) is 7.24. The van der Waals surface area contributed by atoms with Gasteiger partial charge in [-0.3, -0.25) is 4.79 Å². The molecule has 3 aromatic carbocycles. The third-order valence-electron chi connectivity index (χ3n) is 3.74. The van der Waals surface area contributed by atoms with Gasteiger partial charge in [0.15, 0.2) is 0 Å². The van der Waals surface area contributed by atoms with Crippen LogP contribution >= 0.6 is 23.4 Å². The van der Waals surface area contributed by atoms with Gasteiger partial charge in [0.25, 0.3) is 5.91 Å². The van der Waals surface area contributed by atoms with Crippen molar-refractivity contribution >= 4 is 35.0 Å². The van der Waals surface area contributed by atoms with Gasteiger partial charge >= 0.3 is 0 Å². The maximum atomic E-state index is 12.3. The molecule has 0 aliphatic heterocycles. The fraction of sp³-hybridized carbons (Fsp3) is 0.0952. The Morgan fingerprint density at radius 3 is 2.20 bits per heavy atom. The summed E-state index contributed by atoms with van der Waals surface area (Å²) >= 11 is 7.64. The van der Waals surface area contributed by atoms with Crippen LogP contribution in [0.5, 0.6) is 0 Å². The fourth-order valence-corrected chi connectivity index (χ4v) is 3.27. The van der Waals surface area contributed by atoms with E-state index in [2.05, 4.69) is 36.5 Å². The van der Waals surface area contributed by atoms with Crippen molar-refractivity contribution in [2.24, 2.45) is 0 Å². The molecule has 0 unspecified atom stereocenters. The minimum atomic E-state index is -0.125. The topological polar surface area (TPSA) is 29.1 Å². The van der Waals surface area contributed by atoms with Gasteiger partial charge in [-0.05, 0) is 61.0 Å². The number of benzene rings is 3. The van der Waals surface area contributed by atoms with Gasteiger partial charge in [-0.25, -0.2) is 0 Å². The maximum Gasteiger partial charge on any atom is 0.255 e. The first kappa shape index (κ1) is 17.6. The van der Waals surface area contributed by atoms with Crippen molar-refractivity contribution in [3.05, 3.63) is 94.5 Å². The van der Waals surface area contributed by atoms with Crippen LogP contribution in [-0.4, -0.2) is 5.91 Å². The summed E-state index contributed by atoms with van der Waals surface area (Å²) in [6.45, 7) is 2.09. The molecule has 0 aliphatic rings. The smallest absolute Gasteiger partial charge is 0.255 e. The van der Waals surface area contributed by atoms with Crippen molar-refractivity contribution in [2.45, 2.75) is 17.6 Å². The van der Waals surface area contributed by atoms with Crippen molar-refractivity contribution in [1.29, 1.82) is 0 Å². The molecule has 0 saturated carbocycles. The molecule has 3 aromatic rings. The number of amides is 1. The van der Waals surface area contributed by atoms with E-state index in [1.54, 1.807) is 36.0 Å². The number of aryl methyl sites for hydroxylation is 1. The van der Waals surface area contributed by atoms with Crippen molar-refractivity contribution in [2.75, 3.05) is 5.32 Å². The molecule has 2 nitrogen and oxygen atoms in total. The molecular weight excluding hydrogens is 350 g/mol. The van der Waals surface area contributed by atoms with Crippen LogP contribution < -0.4 is 5.32 Å². The average Bonchev–Trinajstić information content (AvgIpc) is 2.63. The Labute approximate surface area is 157 Å². The standard InChI is InChI=1S/C21H18ClNOS/c1-15-2-12-20(13-3-15)25-14-16-4-6-17(7-5-16)21(24)23-19-10-8-18(22)9-11-19/h2-13H,14H2,1H3,(H,23,24). The van der Waals surface area contributed by atoms with E-state index in [9.17, 15) is 4.79 Å². The molecule has 25 heavy (non-hydrogen) atoms. The number of halogens is 1. The Morgan fingerprint density at radius 2 is 1.56 bits per heavy atom. The summed E-state index contributed by atoms with van der Waals surface area (Å²) in [5, 5.41) is 3.51. The lowest BCUT2D eigenvalue weighted by molar-refractivity contribution is 0.102. The van der Waals surface area contributed by atoms with Gasteiger partial charge in [0.05, 0.1) is 0 Å². The summed E-state index contributed by atoms with van der Waals surface area (Å²) in [5.74, 6) is 0.752. The van der Waals surface area contributed by atoms with E-state index in [1.165, 1.54) is 16.0 Å². The number of thioether (sulfide) groups is 1. The van der Waals surface area contributed by atoms with Crippen LogP contribution in [0.4, 0.5) is 5.69 Å². The summed E-state index contributed by atoms with van der Waals surface area (Å²) in [5.41, 5.74) is 3.82. The molecule has 4 heteroatoms. The van der Waals surface area contributed by atoms with E-state index in [-0.39, 0.29) is 5.91 Å². The molecular formula is C21H18ClNOS. The highest BCUT2D eigenvalue weighted by atomic mass is 35.5. The third kappa shape index (κ3) is 5.12. The Kier molecular flexibility index (Phi) is 5.79. The number of hydrogen-bond donors (Lipinski definition) is 1. The van der Waals surface area contributed by atoms with Crippen LogP contribution in [0.1, 0.15) is 21.5 Å². The highest BCUT2D eigenvalue weighted by Crippen LogP contribution is 2.23. The molecule has 0 spiro atoms. The molecule has 0 heterocycles. The molecule has 0 aromatic heterocycles. The molecule has 0 radical (unpaired) electrons. The van der Waals surface area contributed by atoms with Crippen LogP contribution in [0.2, 0.25) is 5.02 Å². The Bertz CT molecular complexity index is 843. The molecule has 0 bridgehead atoms. The molecule has 3 rings (SSSR count). The van der Waals surface area contributed by atoms with Crippen molar-refractivity contribution in [3.63, 3.8) is 0 Å². The van der Waals surface area contributed by atoms with E-state index in [0.29, 0.717) is 10.6 Å². The van der Waals surface area contributed by atoms with E-state index < -0.39 is 0 Å². The van der Waals surface area contributed by atoms with Crippen LogP contribution in [0.25, 0.3) is 0 Å². The Balaban J connectivity index is 1.58. The number of carbonyl (C=O) groups is 1. The SMILES string of the molecule is Cc1ccc(SCc2ccc(C(=O)Nc3ccc(Cl)cc3)cc2)cc1. The fourth-order valence-electron chi connectivity index (χ4n) is 2.29.